The summed E-state index contributed by atoms with van der Waals surface area (Å²) >= 11 is 0. The molecule has 0 heterocycles. The van der Waals surface area contributed by atoms with Crippen LogP contribution in [-0.2, 0) is 0 Å². The summed E-state index contributed by atoms with van der Waals surface area (Å²) in [6, 6.07) is 0. The Kier molecular flexibility index (Phi) is 21.6. The van der Waals surface area contributed by atoms with Crippen LogP contribution in [0.1, 0.15) is 143 Å². The Balaban J connectivity index is 3.06. The zero-order valence-electron chi connectivity index (χ0n) is 18.2. The minimum Gasteiger partial charge on any atom is -0.0885 e. The van der Waals surface area contributed by atoms with Gasteiger partial charge >= 0.3 is 0 Å². The highest BCUT2D eigenvalue weighted by Crippen LogP contribution is 2.13. The molecule has 0 bridgehead atoms. The van der Waals surface area contributed by atoms with Gasteiger partial charge in [0.2, 0.25) is 0 Å². The summed E-state index contributed by atoms with van der Waals surface area (Å²) in [5.41, 5.74) is 0. The Morgan fingerprint density at radius 1 is 0.480 bits per heavy atom. The Hall–Kier alpha value is -0.260. The highest BCUT2D eigenvalue weighted by molar-refractivity contribution is 4.81. The molecule has 0 aliphatic rings. The Morgan fingerprint density at radius 2 is 0.840 bits per heavy atom. The van der Waals surface area contributed by atoms with E-state index in [1.165, 1.54) is 122 Å². The second-order valence-electron chi connectivity index (χ2n) is 8.53. The molecule has 0 N–H and O–H groups in total. The van der Waals surface area contributed by atoms with Gasteiger partial charge in [0, 0.05) is 0 Å². The first-order valence-electron chi connectivity index (χ1n) is 11.9. The molecule has 0 saturated heterocycles. The van der Waals surface area contributed by atoms with E-state index in [4.69, 9.17) is 0 Å². The van der Waals surface area contributed by atoms with E-state index in [-0.39, 0.29) is 0 Å². The van der Waals surface area contributed by atoms with E-state index in [0.29, 0.717) is 0 Å². The van der Waals surface area contributed by atoms with Crippen molar-refractivity contribution in [3.8, 4) is 0 Å². The molecule has 0 saturated carbocycles. The number of hydrogen-bond donors (Lipinski definition) is 0. The Bertz CT molecular complexity index is 251. The van der Waals surface area contributed by atoms with E-state index in [1.807, 2.05) is 0 Å². The Labute approximate surface area is 161 Å². The topological polar surface area (TPSA) is 0 Å². The third-order valence-corrected chi connectivity index (χ3v) is 5.29. The van der Waals surface area contributed by atoms with Crippen molar-refractivity contribution >= 4 is 0 Å². The van der Waals surface area contributed by atoms with Crippen LogP contribution in [0, 0.1) is 5.92 Å². The summed E-state index contributed by atoms with van der Waals surface area (Å²) in [4.78, 5) is 0. The smallest absolute Gasteiger partial charge is 0.0351 e. The van der Waals surface area contributed by atoms with Gasteiger partial charge in [-0.2, -0.15) is 0 Å². The highest BCUT2D eigenvalue weighted by atomic mass is 14.0. The van der Waals surface area contributed by atoms with Gasteiger partial charge in [-0.15, -0.1) is 0 Å². The van der Waals surface area contributed by atoms with Gasteiger partial charge in [0.05, 0.1) is 0 Å². The molecule has 0 amide bonds. The van der Waals surface area contributed by atoms with Crippen molar-refractivity contribution in [3.63, 3.8) is 0 Å². The van der Waals surface area contributed by atoms with E-state index in [9.17, 15) is 0 Å². The molecule has 0 heteroatoms. The largest absolute Gasteiger partial charge is 0.0885 e. The van der Waals surface area contributed by atoms with E-state index < -0.39 is 0 Å². The predicted octanol–water partition coefficient (Wildman–Crippen LogP) is 9.63. The lowest BCUT2D eigenvalue weighted by molar-refractivity contribution is 0.507. The molecule has 0 radical (unpaired) electrons. The molecule has 0 fully saturated rings. The van der Waals surface area contributed by atoms with Gasteiger partial charge < -0.3 is 0 Å². The third-order valence-electron chi connectivity index (χ3n) is 5.29. The van der Waals surface area contributed by atoms with Crippen molar-refractivity contribution in [2.24, 2.45) is 5.92 Å². The molecule has 0 aliphatic carbocycles. The van der Waals surface area contributed by atoms with Crippen molar-refractivity contribution in [2.75, 3.05) is 0 Å². The predicted molar refractivity (Wildman–Crippen MR) is 117 cm³/mol. The molecule has 0 aromatic heterocycles. The fourth-order valence-corrected chi connectivity index (χ4v) is 3.51. The standard InChI is InChI=1S/C25H50/c1-4-5-6-7-8-9-10-11-12-13-14-15-16-17-18-19-20-21-22-23-24-25(2)3/h13-14,25H,4-12,15-24H2,1-3H3/b14-13+. The first-order valence-corrected chi connectivity index (χ1v) is 11.9. The van der Waals surface area contributed by atoms with E-state index in [1.54, 1.807) is 0 Å². The maximum atomic E-state index is 2.44. The molecule has 150 valence electrons. The summed E-state index contributed by atoms with van der Waals surface area (Å²) in [6.45, 7) is 6.97. The van der Waals surface area contributed by atoms with Gasteiger partial charge in [0.1, 0.15) is 0 Å². The van der Waals surface area contributed by atoms with Crippen LogP contribution in [0.25, 0.3) is 0 Å². The van der Waals surface area contributed by atoms with Crippen molar-refractivity contribution in [3.05, 3.63) is 12.2 Å². The molecule has 0 unspecified atom stereocenters. The van der Waals surface area contributed by atoms with Crippen molar-refractivity contribution in [1.82, 2.24) is 0 Å². The van der Waals surface area contributed by atoms with E-state index >= 15 is 0 Å². The van der Waals surface area contributed by atoms with Crippen LogP contribution in [0.5, 0.6) is 0 Å². The number of rotatable bonds is 20. The SMILES string of the molecule is CCCCCCCCCC/C=C/CCCCCCCCCCC(C)C. The minimum absolute atomic E-state index is 0.892. The van der Waals surface area contributed by atoms with Crippen LogP contribution in [0.15, 0.2) is 12.2 Å². The zero-order valence-corrected chi connectivity index (χ0v) is 18.2. The maximum Gasteiger partial charge on any atom is -0.0351 e. The molecule has 0 aromatic carbocycles. The quantitative estimate of drug-likeness (QED) is 0.151. The number of allylic oxidation sites excluding steroid dienone is 2. The summed E-state index contributed by atoms with van der Waals surface area (Å²) in [7, 11) is 0. The molecule has 0 atom stereocenters. The van der Waals surface area contributed by atoms with Gasteiger partial charge in [-0.3, -0.25) is 0 Å². The lowest BCUT2D eigenvalue weighted by Crippen LogP contribution is -1.87. The second-order valence-corrected chi connectivity index (χ2v) is 8.53. The van der Waals surface area contributed by atoms with Crippen LogP contribution < -0.4 is 0 Å². The normalized spacial score (nSPS) is 11.8. The lowest BCUT2D eigenvalue weighted by Gasteiger charge is -2.04. The van der Waals surface area contributed by atoms with Gasteiger partial charge in [0.15, 0.2) is 0 Å². The molecule has 0 rings (SSSR count). The fourth-order valence-electron chi connectivity index (χ4n) is 3.51. The third kappa shape index (κ3) is 23.7. The van der Waals surface area contributed by atoms with Crippen LogP contribution in [-0.4, -0.2) is 0 Å². The molecule has 25 heavy (non-hydrogen) atoms. The number of hydrogen-bond acceptors (Lipinski definition) is 0. The lowest BCUT2D eigenvalue weighted by atomic mass is 10.0. The summed E-state index contributed by atoms with van der Waals surface area (Å²) in [5.74, 6) is 0.892. The summed E-state index contributed by atoms with van der Waals surface area (Å²) in [6.07, 6.45) is 32.0. The van der Waals surface area contributed by atoms with Crippen LogP contribution in [0.2, 0.25) is 0 Å². The van der Waals surface area contributed by atoms with E-state index in [0.717, 1.165) is 5.92 Å². The average molecular weight is 351 g/mol. The number of unbranched alkanes of at least 4 members (excludes halogenated alkanes) is 16. The molecular formula is C25H50. The first-order chi connectivity index (χ1) is 12.3. The molecule has 0 aromatic rings. The monoisotopic (exact) mass is 350 g/mol. The van der Waals surface area contributed by atoms with Gasteiger partial charge in [-0.25, -0.2) is 0 Å². The molecular weight excluding hydrogens is 300 g/mol. The van der Waals surface area contributed by atoms with Gasteiger partial charge in [-0.05, 0) is 31.6 Å². The minimum atomic E-state index is 0.892. The molecule has 0 nitrogen and oxygen atoms in total. The highest BCUT2D eigenvalue weighted by Gasteiger charge is 1.95. The summed E-state index contributed by atoms with van der Waals surface area (Å²) in [5, 5.41) is 0. The fraction of sp³-hybridized carbons (Fsp3) is 0.920. The van der Waals surface area contributed by atoms with Crippen molar-refractivity contribution in [1.29, 1.82) is 0 Å². The van der Waals surface area contributed by atoms with Crippen LogP contribution >= 0.6 is 0 Å². The molecule has 0 spiro atoms. The zero-order chi connectivity index (χ0) is 18.4. The van der Waals surface area contributed by atoms with Crippen molar-refractivity contribution < 1.29 is 0 Å². The van der Waals surface area contributed by atoms with Crippen molar-refractivity contribution in [2.45, 2.75) is 143 Å². The maximum absolute atomic E-state index is 2.44. The Morgan fingerprint density at radius 3 is 1.24 bits per heavy atom. The van der Waals surface area contributed by atoms with E-state index in [2.05, 4.69) is 32.9 Å². The van der Waals surface area contributed by atoms with Crippen LogP contribution in [0.3, 0.4) is 0 Å². The van der Waals surface area contributed by atoms with Gasteiger partial charge in [-0.1, -0.05) is 129 Å². The average Bonchev–Trinajstić information content (AvgIpc) is 2.60. The second kappa shape index (κ2) is 21.8. The van der Waals surface area contributed by atoms with Crippen LogP contribution in [0.4, 0.5) is 0 Å². The van der Waals surface area contributed by atoms with Gasteiger partial charge in [0.25, 0.3) is 0 Å². The molecule has 0 aliphatic heterocycles. The summed E-state index contributed by atoms with van der Waals surface area (Å²) < 4.78 is 0. The first kappa shape index (κ1) is 24.7.